The normalized spacial score (nSPS) is 17.7. The Morgan fingerprint density at radius 1 is 1.46 bits per heavy atom. The van der Waals surface area contributed by atoms with Gasteiger partial charge in [0.1, 0.15) is 28.7 Å². The number of aryl methyl sites for hydroxylation is 2. The molecule has 1 fully saturated rings. The Balaban J connectivity index is 1.52. The van der Waals surface area contributed by atoms with Gasteiger partial charge in [0, 0.05) is 39.1 Å². The van der Waals surface area contributed by atoms with E-state index in [9.17, 15) is 14.9 Å². The molecule has 1 aliphatic rings. The third kappa shape index (κ3) is 4.95. The van der Waals surface area contributed by atoms with Crippen molar-refractivity contribution in [2.45, 2.75) is 25.5 Å². The maximum atomic E-state index is 12.9. The average Bonchev–Trinajstić information content (AvgIpc) is 3.51. The van der Waals surface area contributed by atoms with E-state index in [1.165, 1.54) is 0 Å². The molecule has 3 aromatic rings. The first-order valence-corrected chi connectivity index (χ1v) is 11.7. The van der Waals surface area contributed by atoms with E-state index in [4.69, 9.17) is 26.2 Å². The highest BCUT2D eigenvalue weighted by molar-refractivity contribution is 7.18. The molecule has 184 valence electrons. The SMILES string of the molecule is CO[C@H]1CN(c2nc(-c3ccn(C)n3)c(OC(=O)O)s2)CC[C@H]1NC(=O)c1[nH]c(C)c(Cl)c1C#N. The number of carbonyl (C=O) groups excluding carboxylic acids is 1. The van der Waals surface area contributed by atoms with Gasteiger partial charge in [-0.15, -0.1) is 0 Å². The molecule has 1 amide bonds. The van der Waals surface area contributed by atoms with E-state index in [0.717, 1.165) is 11.3 Å². The van der Waals surface area contributed by atoms with Crippen LogP contribution in [0.5, 0.6) is 5.06 Å². The predicted molar refractivity (Wildman–Crippen MR) is 127 cm³/mol. The molecule has 3 N–H and O–H groups in total. The van der Waals surface area contributed by atoms with Crippen LogP contribution in [-0.2, 0) is 11.8 Å². The van der Waals surface area contributed by atoms with Crippen LogP contribution in [-0.4, -0.2) is 69.3 Å². The summed E-state index contributed by atoms with van der Waals surface area (Å²) >= 11 is 7.21. The van der Waals surface area contributed by atoms with Gasteiger partial charge in [0.25, 0.3) is 5.91 Å². The van der Waals surface area contributed by atoms with Crippen molar-refractivity contribution in [3.63, 3.8) is 0 Å². The summed E-state index contributed by atoms with van der Waals surface area (Å²) in [6.45, 7) is 2.59. The van der Waals surface area contributed by atoms with Crippen LogP contribution in [0.15, 0.2) is 12.3 Å². The number of rotatable bonds is 6. The number of carboxylic acid groups (broad SMARTS) is 1. The van der Waals surface area contributed by atoms with Crippen LogP contribution in [0.3, 0.4) is 0 Å². The molecule has 0 bridgehead atoms. The fraction of sp³-hybridized carbons (Fsp3) is 0.381. The van der Waals surface area contributed by atoms with Crippen LogP contribution in [0.25, 0.3) is 11.4 Å². The number of aromatic nitrogens is 4. The van der Waals surface area contributed by atoms with Gasteiger partial charge in [-0.3, -0.25) is 9.48 Å². The zero-order valence-electron chi connectivity index (χ0n) is 19.0. The Morgan fingerprint density at radius 3 is 2.86 bits per heavy atom. The quantitative estimate of drug-likeness (QED) is 0.416. The molecule has 0 unspecified atom stereocenters. The maximum absolute atomic E-state index is 12.9. The first-order chi connectivity index (χ1) is 16.7. The number of H-pyrrole nitrogens is 1. The van der Waals surface area contributed by atoms with Gasteiger partial charge in [0.2, 0.25) is 5.06 Å². The van der Waals surface area contributed by atoms with Crippen molar-refractivity contribution in [2.75, 3.05) is 25.1 Å². The number of methoxy groups -OCH3 is 1. The molecule has 3 aromatic heterocycles. The minimum absolute atomic E-state index is 0.101. The van der Waals surface area contributed by atoms with Gasteiger partial charge < -0.3 is 29.8 Å². The minimum Gasteiger partial charge on any atom is -0.449 e. The summed E-state index contributed by atoms with van der Waals surface area (Å²) in [4.78, 5) is 33.5. The van der Waals surface area contributed by atoms with E-state index in [2.05, 4.69) is 20.4 Å². The molecule has 0 radical (unpaired) electrons. The summed E-state index contributed by atoms with van der Waals surface area (Å²) in [5.74, 6) is -0.444. The van der Waals surface area contributed by atoms with Gasteiger partial charge in [-0.25, -0.2) is 9.78 Å². The maximum Gasteiger partial charge on any atom is 0.512 e. The standard InChI is InChI=1S/C21H22ClN7O5S/c1-10-15(22)11(8-23)16(24-10)18(30)25-12-5-7-29(9-14(12)33-3)20-26-17(13-4-6-28(2)27-13)19(35-20)34-21(31)32/h4,6,12,14,24H,5,7,9H2,1-3H3,(H,25,30)(H,31,32)/t12-,14+/m1/s1. The molecule has 0 aliphatic carbocycles. The number of piperidine rings is 1. The molecule has 1 saturated heterocycles. The van der Waals surface area contributed by atoms with Gasteiger partial charge in [-0.1, -0.05) is 22.9 Å². The molecule has 35 heavy (non-hydrogen) atoms. The van der Waals surface area contributed by atoms with E-state index in [1.807, 2.05) is 11.0 Å². The summed E-state index contributed by atoms with van der Waals surface area (Å²) in [7, 11) is 3.29. The van der Waals surface area contributed by atoms with Gasteiger partial charge >= 0.3 is 6.16 Å². The number of nitriles is 1. The summed E-state index contributed by atoms with van der Waals surface area (Å²) in [5.41, 5.74) is 1.58. The third-order valence-electron chi connectivity index (χ3n) is 5.62. The van der Waals surface area contributed by atoms with E-state index in [-0.39, 0.29) is 27.4 Å². The molecule has 0 aromatic carbocycles. The zero-order chi connectivity index (χ0) is 25.3. The Hall–Kier alpha value is -3.60. The Labute approximate surface area is 209 Å². The number of anilines is 1. The third-order valence-corrected chi connectivity index (χ3v) is 7.09. The fourth-order valence-corrected chi connectivity index (χ4v) is 5.04. The van der Waals surface area contributed by atoms with Crippen LogP contribution in [0, 0.1) is 18.3 Å². The van der Waals surface area contributed by atoms with Gasteiger partial charge in [0.05, 0.1) is 17.2 Å². The smallest absolute Gasteiger partial charge is 0.449 e. The van der Waals surface area contributed by atoms with Crippen molar-refractivity contribution in [2.24, 2.45) is 7.05 Å². The van der Waals surface area contributed by atoms with Crippen LogP contribution in [0.1, 0.15) is 28.2 Å². The monoisotopic (exact) mass is 519 g/mol. The van der Waals surface area contributed by atoms with Gasteiger partial charge in [-0.2, -0.15) is 10.4 Å². The topological polar surface area (TPSA) is 158 Å². The second kappa shape index (κ2) is 9.95. The number of carbonyl (C=O) groups is 2. The highest BCUT2D eigenvalue weighted by Crippen LogP contribution is 2.40. The predicted octanol–water partition coefficient (Wildman–Crippen LogP) is 2.79. The van der Waals surface area contributed by atoms with Crippen molar-refractivity contribution in [1.82, 2.24) is 25.1 Å². The Morgan fingerprint density at radius 2 is 2.23 bits per heavy atom. The molecular formula is C21H22ClN7O5S. The second-order valence-corrected chi connectivity index (χ2v) is 9.21. The Bertz CT molecular complexity index is 1310. The molecule has 4 heterocycles. The van der Waals surface area contributed by atoms with Crippen molar-refractivity contribution in [3.8, 4) is 22.5 Å². The van der Waals surface area contributed by atoms with Crippen LogP contribution < -0.4 is 15.0 Å². The number of hydrogen-bond acceptors (Lipinski definition) is 9. The summed E-state index contributed by atoms with van der Waals surface area (Å²) in [5, 5.41) is 26.6. The lowest BCUT2D eigenvalue weighted by atomic mass is 10.0. The lowest BCUT2D eigenvalue weighted by Crippen LogP contribution is -2.55. The lowest BCUT2D eigenvalue weighted by Gasteiger charge is -2.37. The van der Waals surface area contributed by atoms with Crippen LogP contribution in [0.4, 0.5) is 9.93 Å². The summed E-state index contributed by atoms with van der Waals surface area (Å²) in [6, 6.07) is 3.35. The number of nitrogens with one attached hydrogen (secondary N) is 2. The second-order valence-electron chi connectivity index (χ2n) is 7.89. The molecular weight excluding hydrogens is 498 g/mol. The molecule has 0 saturated carbocycles. The summed E-state index contributed by atoms with van der Waals surface area (Å²) < 4.78 is 12.2. The number of halogens is 1. The Kier molecular flexibility index (Phi) is 6.97. The summed E-state index contributed by atoms with van der Waals surface area (Å²) in [6.07, 6.45) is 0.415. The number of aromatic amines is 1. The highest BCUT2D eigenvalue weighted by Gasteiger charge is 2.34. The average molecular weight is 520 g/mol. The largest absolute Gasteiger partial charge is 0.512 e. The van der Waals surface area contributed by atoms with Gasteiger partial charge in [0.15, 0.2) is 5.13 Å². The molecule has 12 nitrogen and oxygen atoms in total. The number of hydrogen-bond donors (Lipinski definition) is 3. The van der Waals surface area contributed by atoms with E-state index in [1.54, 1.807) is 38.0 Å². The number of thiazole rings is 1. The van der Waals surface area contributed by atoms with Crippen molar-refractivity contribution in [3.05, 3.63) is 34.2 Å². The number of nitrogens with zero attached hydrogens (tertiary/aromatic N) is 5. The van der Waals surface area contributed by atoms with Gasteiger partial charge in [-0.05, 0) is 19.4 Å². The highest BCUT2D eigenvalue weighted by atomic mass is 35.5. The van der Waals surface area contributed by atoms with Crippen molar-refractivity contribution in [1.29, 1.82) is 5.26 Å². The number of ether oxygens (including phenoxy) is 2. The van der Waals surface area contributed by atoms with Crippen LogP contribution >= 0.6 is 22.9 Å². The molecule has 2 atom stereocenters. The lowest BCUT2D eigenvalue weighted by molar-refractivity contribution is 0.0540. The van der Waals surface area contributed by atoms with Crippen molar-refractivity contribution >= 4 is 40.1 Å². The first-order valence-electron chi connectivity index (χ1n) is 10.5. The van der Waals surface area contributed by atoms with E-state index in [0.29, 0.717) is 41.7 Å². The minimum atomic E-state index is -1.44. The van der Waals surface area contributed by atoms with Crippen molar-refractivity contribution < 1.29 is 24.2 Å². The van der Waals surface area contributed by atoms with Crippen LogP contribution in [0.2, 0.25) is 5.02 Å². The first kappa shape index (κ1) is 24.5. The molecule has 14 heteroatoms. The molecule has 4 rings (SSSR count). The van der Waals surface area contributed by atoms with E-state index < -0.39 is 18.2 Å². The number of amides is 1. The molecule has 1 aliphatic heterocycles. The fourth-order valence-electron chi connectivity index (χ4n) is 3.89. The zero-order valence-corrected chi connectivity index (χ0v) is 20.6. The molecule has 0 spiro atoms. The van der Waals surface area contributed by atoms with E-state index >= 15 is 0 Å².